The second kappa shape index (κ2) is 9.90. The van der Waals surface area contributed by atoms with Gasteiger partial charge in [-0.1, -0.05) is 36.1 Å². The second-order valence-electron chi connectivity index (χ2n) is 5.76. The molecule has 2 aromatic rings. The summed E-state index contributed by atoms with van der Waals surface area (Å²) in [5.41, 5.74) is 1.72. The molecule has 28 heavy (non-hydrogen) atoms. The van der Waals surface area contributed by atoms with Gasteiger partial charge in [-0.25, -0.2) is 8.42 Å². The van der Waals surface area contributed by atoms with Gasteiger partial charge >= 0.3 is 5.97 Å². The Morgan fingerprint density at radius 1 is 1.04 bits per heavy atom. The molecular weight excluding hydrogens is 382 g/mol. The summed E-state index contributed by atoms with van der Waals surface area (Å²) in [6.45, 7) is 0.145. The summed E-state index contributed by atoms with van der Waals surface area (Å²) < 4.78 is 37.0. The van der Waals surface area contributed by atoms with E-state index < -0.39 is 22.0 Å². The van der Waals surface area contributed by atoms with Crippen LogP contribution < -0.4 is 9.46 Å². The van der Waals surface area contributed by atoms with Crippen LogP contribution in [0.5, 0.6) is 5.75 Å². The molecular formula is C20H21NO6S. The van der Waals surface area contributed by atoms with Crippen molar-refractivity contribution in [2.45, 2.75) is 17.4 Å². The van der Waals surface area contributed by atoms with Crippen LogP contribution in [0.15, 0.2) is 53.4 Å². The zero-order valence-corrected chi connectivity index (χ0v) is 16.3. The number of carboxylic acids is 1. The number of hydrogen-bond donors (Lipinski definition) is 2. The minimum atomic E-state index is -4.01. The van der Waals surface area contributed by atoms with Gasteiger partial charge in [0.1, 0.15) is 18.4 Å². The maximum Gasteiger partial charge on any atom is 0.322 e. The molecule has 0 saturated carbocycles. The number of benzene rings is 2. The monoisotopic (exact) mass is 403 g/mol. The largest absolute Gasteiger partial charge is 0.497 e. The van der Waals surface area contributed by atoms with Gasteiger partial charge in [0, 0.05) is 13.5 Å². The zero-order valence-electron chi connectivity index (χ0n) is 15.5. The van der Waals surface area contributed by atoms with Gasteiger partial charge in [0.25, 0.3) is 0 Å². The van der Waals surface area contributed by atoms with Gasteiger partial charge in [0.15, 0.2) is 0 Å². The topological polar surface area (TPSA) is 102 Å². The minimum Gasteiger partial charge on any atom is -0.497 e. The van der Waals surface area contributed by atoms with E-state index in [9.17, 15) is 18.3 Å². The molecule has 1 atom stereocenters. The number of nitrogens with one attached hydrogen (secondary N) is 1. The Hall–Kier alpha value is -2.86. The van der Waals surface area contributed by atoms with Gasteiger partial charge in [0.05, 0.1) is 12.0 Å². The lowest BCUT2D eigenvalue weighted by Gasteiger charge is -2.13. The first-order valence-electron chi connectivity index (χ1n) is 8.31. The Labute approximate surface area is 164 Å². The highest BCUT2D eigenvalue weighted by molar-refractivity contribution is 7.89. The predicted octanol–water partition coefficient (Wildman–Crippen LogP) is 2.13. The molecule has 2 rings (SSSR count). The standard InChI is InChI=1S/C20H21NO6S/c1-26-14-4-3-5-19(20(22)23)21-28(24,25)18-12-8-16(9-13-18)15-6-10-17(27-2)11-7-15/h6-13,19,21H,5,14H2,1-2H3,(H,22,23). The summed E-state index contributed by atoms with van der Waals surface area (Å²) in [6, 6.07) is 12.2. The first-order valence-corrected chi connectivity index (χ1v) is 9.80. The fourth-order valence-electron chi connectivity index (χ4n) is 2.34. The molecule has 0 saturated heterocycles. The van der Waals surface area contributed by atoms with Crippen LogP contribution in [0.2, 0.25) is 0 Å². The van der Waals surface area contributed by atoms with Gasteiger partial charge in [-0.05, 0) is 35.4 Å². The number of sulfonamides is 1. The Morgan fingerprint density at radius 2 is 1.61 bits per heavy atom. The highest BCUT2D eigenvalue weighted by atomic mass is 32.2. The van der Waals surface area contributed by atoms with E-state index in [1.165, 1.54) is 19.2 Å². The van der Waals surface area contributed by atoms with E-state index in [0.29, 0.717) is 0 Å². The van der Waals surface area contributed by atoms with Crippen molar-refractivity contribution in [1.82, 2.24) is 4.72 Å². The first-order chi connectivity index (χ1) is 13.4. The number of hydrogen-bond acceptors (Lipinski definition) is 5. The van der Waals surface area contributed by atoms with Gasteiger partial charge in [0.2, 0.25) is 10.0 Å². The van der Waals surface area contributed by atoms with Crippen molar-refractivity contribution >= 4 is 16.0 Å². The fourth-order valence-corrected chi connectivity index (χ4v) is 3.53. The highest BCUT2D eigenvalue weighted by Gasteiger charge is 2.24. The van der Waals surface area contributed by atoms with Crippen LogP contribution in [0.25, 0.3) is 11.1 Å². The Balaban J connectivity index is 2.15. The minimum absolute atomic E-state index is 0.0270. The molecule has 0 aromatic heterocycles. The van der Waals surface area contributed by atoms with E-state index in [-0.39, 0.29) is 17.9 Å². The molecule has 0 amide bonds. The fraction of sp³-hybridized carbons (Fsp3) is 0.250. The van der Waals surface area contributed by atoms with Crippen LogP contribution in [0.3, 0.4) is 0 Å². The van der Waals surface area contributed by atoms with E-state index in [0.717, 1.165) is 16.9 Å². The third-order valence-corrected chi connectivity index (χ3v) is 5.32. The maximum absolute atomic E-state index is 12.5. The smallest absolute Gasteiger partial charge is 0.322 e. The quantitative estimate of drug-likeness (QED) is 0.655. The number of carboxylic acid groups (broad SMARTS) is 1. The predicted molar refractivity (Wildman–Crippen MR) is 104 cm³/mol. The number of carbonyl (C=O) groups is 1. The van der Waals surface area contributed by atoms with Crippen molar-refractivity contribution in [3.63, 3.8) is 0 Å². The zero-order chi connectivity index (χ0) is 20.6. The molecule has 148 valence electrons. The van der Waals surface area contributed by atoms with E-state index in [1.807, 2.05) is 24.3 Å². The molecule has 0 aliphatic rings. The molecule has 0 aliphatic heterocycles. The summed E-state index contributed by atoms with van der Waals surface area (Å²) in [5, 5.41) is 9.24. The molecule has 7 nitrogen and oxygen atoms in total. The molecule has 0 aliphatic carbocycles. The molecule has 8 heteroatoms. The van der Waals surface area contributed by atoms with Gasteiger partial charge in [-0.15, -0.1) is 0 Å². The summed E-state index contributed by atoms with van der Waals surface area (Å²) in [5.74, 6) is 4.61. The Kier molecular flexibility index (Phi) is 7.58. The third kappa shape index (κ3) is 5.82. The first kappa shape index (κ1) is 21.4. The van der Waals surface area contributed by atoms with Crippen LogP contribution >= 0.6 is 0 Å². The van der Waals surface area contributed by atoms with Crippen LogP contribution in [0, 0.1) is 11.8 Å². The molecule has 0 radical (unpaired) electrons. The molecule has 0 heterocycles. The average Bonchev–Trinajstić information content (AvgIpc) is 2.70. The molecule has 0 spiro atoms. The van der Waals surface area contributed by atoms with Crippen molar-refractivity contribution in [3.05, 3.63) is 48.5 Å². The van der Waals surface area contributed by atoms with Crippen molar-refractivity contribution in [3.8, 4) is 28.7 Å². The van der Waals surface area contributed by atoms with Gasteiger partial charge < -0.3 is 14.6 Å². The highest BCUT2D eigenvalue weighted by Crippen LogP contribution is 2.23. The summed E-state index contributed by atoms with van der Waals surface area (Å²) in [7, 11) is -0.968. The lowest BCUT2D eigenvalue weighted by atomic mass is 10.1. The molecule has 1 unspecified atom stereocenters. The van der Waals surface area contributed by atoms with Crippen LogP contribution in [0.4, 0.5) is 0 Å². The average molecular weight is 403 g/mol. The van der Waals surface area contributed by atoms with Crippen molar-refractivity contribution in [2.75, 3.05) is 20.8 Å². The lowest BCUT2D eigenvalue weighted by molar-refractivity contribution is -0.138. The van der Waals surface area contributed by atoms with Gasteiger partial charge in [-0.3, -0.25) is 4.79 Å². The number of ether oxygens (including phenoxy) is 2. The number of aliphatic carboxylic acids is 1. The normalized spacial score (nSPS) is 11.9. The Morgan fingerprint density at radius 3 is 2.11 bits per heavy atom. The van der Waals surface area contributed by atoms with Crippen molar-refractivity contribution in [2.24, 2.45) is 0 Å². The molecule has 2 N–H and O–H groups in total. The molecule has 2 aromatic carbocycles. The number of methoxy groups -OCH3 is 2. The second-order valence-corrected chi connectivity index (χ2v) is 7.47. The van der Waals surface area contributed by atoms with Crippen LogP contribution in [0.1, 0.15) is 6.42 Å². The van der Waals surface area contributed by atoms with E-state index >= 15 is 0 Å². The molecule has 0 fully saturated rings. The SMILES string of the molecule is COCC#CCC(NS(=O)(=O)c1ccc(-c2ccc(OC)cc2)cc1)C(=O)O. The molecule has 0 bridgehead atoms. The maximum atomic E-state index is 12.5. The third-order valence-electron chi connectivity index (χ3n) is 3.83. The number of rotatable bonds is 8. The van der Waals surface area contributed by atoms with E-state index in [2.05, 4.69) is 16.6 Å². The van der Waals surface area contributed by atoms with Crippen LogP contribution in [-0.4, -0.2) is 46.4 Å². The van der Waals surface area contributed by atoms with Crippen molar-refractivity contribution < 1.29 is 27.8 Å². The summed E-state index contributed by atoms with van der Waals surface area (Å²) in [6.07, 6.45) is -0.165. The summed E-state index contributed by atoms with van der Waals surface area (Å²) in [4.78, 5) is 11.3. The Bertz CT molecular complexity index is 956. The van der Waals surface area contributed by atoms with Crippen LogP contribution in [-0.2, 0) is 19.6 Å². The lowest BCUT2D eigenvalue weighted by Crippen LogP contribution is -2.40. The van der Waals surface area contributed by atoms with Crippen molar-refractivity contribution in [1.29, 1.82) is 0 Å². The van der Waals surface area contributed by atoms with E-state index in [4.69, 9.17) is 9.47 Å². The summed E-state index contributed by atoms with van der Waals surface area (Å²) >= 11 is 0. The van der Waals surface area contributed by atoms with Gasteiger partial charge in [-0.2, -0.15) is 4.72 Å². The van der Waals surface area contributed by atoms with E-state index in [1.54, 1.807) is 19.2 Å².